The molecule has 4 nitrogen and oxygen atoms in total. The Labute approximate surface area is 130 Å². The molecule has 0 spiro atoms. The highest BCUT2D eigenvalue weighted by atomic mass is 16.2. The number of rotatable bonds is 3. The largest absolute Gasteiger partial charge is 0.345 e. The zero-order valence-corrected chi connectivity index (χ0v) is 13.3. The van der Waals surface area contributed by atoms with Crippen molar-refractivity contribution in [3.05, 3.63) is 64.7 Å². The van der Waals surface area contributed by atoms with Crippen LogP contribution in [0.5, 0.6) is 0 Å². The van der Waals surface area contributed by atoms with Crippen molar-refractivity contribution >= 4 is 17.5 Å². The highest BCUT2D eigenvalue weighted by molar-refractivity contribution is 6.05. The zero-order chi connectivity index (χ0) is 16.3. The summed E-state index contributed by atoms with van der Waals surface area (Å²) in [6.07, 6.45) is 0. The number of carbonyl (C=O) groups is 2. The number of nitrogens with one attached hydrogen (secondary N) is 1. The van der Waals surface area contributed by atoms with Gasteiger partial charge in [0.25, 0.3) is 11.8 Å². The van der Waals surface area contributed by atoms with Gasteiger partial charge in [-0.2, -0.15) is 0 Å². The van der Waals surface area contributed by atoms with Gasteiger partial charge in [-0.3, -0.25) is 9.59 Å². The van der Waals surface area contributed by atoms with Crippen LogP contribution in [0.4, 0.5) is 5.69 Å². The Morgan fingerprint density at radius 1 is 0.909 bits per heavy atom. The Balaban J connectivity index is 2.21. The first-order valence-corrected chi connectivity index (χ1v) is 7.08. The van der Waals surface area contributed by atoms with Crippen molar-refractivity contribution in [1.82, 2.24) is 4.90 Å². The molecule has 0 aliphatic heterocycles. The van der Waals surface area contributed by atoms with Crippen LogP contribution < -0.4 is 5.32 Å². The number of nitrogens with zero attached hydrogens (tertiary/aromatic N) is 1. The third-order valence-corrected chi connectivity index (χ3v) is 3.26. The molecule has 1 N–H and O–H groups in total. The van der Waals surface area contributed by atoms with E-state index in [0.717, 1.165) is 11.1 Å². The highest BCUT2D eigenvalue weighted by Gasteiger charge is 2.11. The van der Waals surface area contributed by atoms with E-state index in [1.54, 1.807) is 38.4 Å². The van der Waals surface area contributed by atoms with Crippen LogP contribution in [0.3, 0.4) is 0 Å². The summed E-state index contributed by atoms with van der Waals surface area (Å²) in [5, 5.41) is 2.84. The highest BCUT2D eigenvalue weighted by Crippen LogP contribution is 2.15. The van der Waals surface area contributed by atoms with Gasteiger partial charge in [-0.15, -0.1) is 0 Å². The van der Waals surface area contributed by atoms with Gasteiger partial charge < -0.3 is 10.2 Å². The lowest BCUT2D eigenvalue weighted by Gasteiger charge is -2.12. The Hall–Kier alpha value is -2.62. The minimum absolute atomic E-state index is 0.0949. The van der Waals surface area contributed by atoms with Gasteiger partial charge in [-0.25, -0.2) is 0 Å². The third-order valence-electron chi connectivity index (χ3n) is 3.26. The molecule has 2 aromatic rings. The maximum atomic E-state index is 12.3. The molecule has 0 saturated carbocycles. The first-order valence-electron chi connectivity index (χ1n) is 7.08. The fourth-order valence-electron chi connectivity index (χ4n) is 2.30. The second-order valence-corrected chi connectivity index (χ2v) is 5.61. The fraction of sp³-hybridized carbons (Fsp3) is 0.222. The first kappa shape index (κ1) is 15.8. The maximum Gasteiger partial charge on any atom is 0.255 e. The summed E-state index contributed by atoms with van der Waals surface area (Å²) < 4.78 is 0. The minimum Gasteiger partial charge on any atom is -0.345 e. The van der Waals surface area contributed by atoms with Gasteiger partial charge >= 0.3 is 0 Å². The van der Waals surface area contributed by atoms with Crippen molar-refractivity contribution in [2.75, 3.05) is 19.4 Å². The molecule has 0 fully saturated rings. The molecule has 2 amide bonds. The average molecular weight is 296 g/mol. The molecule has 4 heteroatoms. The van der Waals surface area contributed by atoms with E-state index in [1.807, 2.05) is 32.0 Å². The van der Waals surface area contributed by atoms with Gasteiger partial charge in [0, 0.05) is 30.9 Å². The van der Waals surface area contributed by atoms with E-state index in [1.165, 1.54) is 4.90 Å². The number of amides is 2. The van der Waals surface area contributed by atoms with E-state index >= 15 is 0 Å². The van der Waals surface area contributed by atoms with Crippen molar-refractivity contribution in [3.63, 3.8) is 0 Å². The number of hydrogen-bond acceptors (Lipinski definition) is 2. The molecule has 0 radical (unpaired) electrons. The molecule has 0 bridgehead atoms. The maximum absolute atomic E-state index is 12.3. The summed E-state index contributed by atoms with van der Waals surface area (Å²) in [7, 11) is 3.40. The summed E-state index contributed by atoms with van der Waals surface area (Å²) in [5.74, 6) is -0.274. The second-order valence-electron chi connectivity index (χ2n) is 5.61. The Morgan fingerprint density at radius 3 is 2.14 bits per heavy atom. The number of benzene rings is 2. The first-order chi connectivity index (χ1) is 10.4. The lowest BCUT2D eigenvalue weighted by Crippen LogP contribution is -2.22. The molecule has 114 valence electrons. The van der Waals surface area contributed by atoms with Crippen molar-refractivity contribution in [1.29, 1.82) is 0 Å². The lowest BCUT2D eigenvalue weighted by atomic mass is 10.1. The van der Waals surface area contributed by atoms with Crippen molar-refractivity contribution < 1.29 is 9.59 Å². The Bertz CT molecular complexity index is 701. The average Bonchev–Trinajstić information content (AvgIpc) is 2.45. The lowest BCUT2D eigenvalue weighted by molar-refractivity contribution is 0.0827. The summed E-state index contributed by atoms with van der Waals surface area (Å²) >= 11 is 0. The fourth-order valence-corrected chi connectivity index (χ4v) is 2.30. The topological polar surface area (TPSA) is 49.4 Å². The molecule has 0 atom stereocenters. The van der Waals surface area contributed by atoms with E-state index in [9.17, 15) is 9.59 Å². The predicted octanol–water partition coefficient (Wildman–Crippen LogP) is 3.26. The SMILES string of the molecule is Cc1cc(C)cc(C(=O)Nc2cccc(C(=O)N(C)C)c2)c1. The van der Waals surface area contributed by atoms with Crippen LogP contribution in [0, 0.1) is 13.8 Å². The normalized spacial score (nSPS) is 10.2. The van der Waals surface area contributed by atoms with Crippen molar-refractivity contribution in [2.45, 2.75) is 13.8 Å². The molecule has 0 aliphatic rings. The number of aryl methyl sites for hydroxylation is 2. The summed E-state index contributed by atoms with van der Waals surface area (Å²) in [4.78, 5) is 25.8. The van der Waals surface area contributed by atoms with E-state index in [-0.39, 0.29) is 11.8 Å². The van der Waals surface area contributed by atoms with Gasteiger partial charge in [0.1, 0.15) is 0 Å². The molecular formula is C18H20N2O2. The van der Waals surface area contributed by atoms with Gasteiger partial charge in [0.15, 0.2) is 0 Å². The minimum atomic E-state index is -0.179. The molecule has 0 heterocycles. The summed E-state index contributed by atoms with van der Waals surface area (Å²) in [6, 6.07) is 12.7. The van der Waals surface area contributed by atoms with Crippen molar-refractivity contribution in [3.8, 4) is 0 Å². The van der Waals surface area contributed by atoms with E-state index in [4.69, 9.17) is 0 Å². The zero-order valence-electron chi connectivity index (χ0n) is 13.3. The molecule has 2 aromatic carbocycles. The molecule has 2 rings (SSSR count). The Morgan fingerprint density at radius 2 is 1.55 bits per heavy atom. The smallest absolute Gasteiger partial charge is 0.255 e. The van der Waals surface area contributed by atoms with Crippen LogP contribution in [-0.2, 0) is 0 Å². The van der Waals surface area contributed by atoms with Gasteiger partial charge in [-0.1, -0.05) is 23.3 Å². The second kappa shape index (κ2) is 6.43. The molecule has 0 aromatic heterocycles. The van der Waals surface area contributed by atoms with E-state index < -0.39 is 0 Å². The monoisotopic (exact) mass is 296 g/mol. The van der Waals surface area contributed by atoms with Crippen molar-refractivity contribution in [2.24, 2.45) is 0 Å². The molecule has 0 aliphatic carbocycles. The van der Waals surface area contributed by atoms with E-state index in [0.29, 0.717) is 16.8 Å². The molecule has 22 heavy (non-hydrogen) atoms. The Kier molecular flexibility index (Phi) is 4.61. The summed E-state index contributed by atoms with van der Waals surface area (Å²) in [6.45, 7) is 3.92. The van der Waals surface area contributed by atoms with Crippen LogP contribution in [0.15, 0.2) is 42.5 Å². The third kappa shape index (κ3) is 3.73. The molecule has 0 saturated heterocycles. The quantitative estimate of drug-likeness (QED) is 0.945. The van der Waals surface area contributed by atoms with Gasteiger partial charge in [0.2, 0.25) is 0 Å². The number of carbonyl (C=O) groups excluding carboxylic acids is 2. The van der Waals surface area contributed by atoms with Crippen LogP contribution in [0.25, 0.3) is 0 Å². The van der Waals surface area contributed by atoms with Gasteiger partial charge in [0.05, 0.1) is 0 Å². The number of hydrogen-bond donors (Lipinski definition) is 1. The number of anilines is 1. The van der Waals surface area contributed by atoms with Crippen LogP contribution in [0.2, 0.25) is 0 Å². The van der Waals surface area contributed by atoms with Gasteiger partial charge in [-0.05, 0) is 44.2 Å². The molecular weight excluding hydrogens is 276 g/mol. The van der Waals surface area contributed by atoms with E-state index in [2.05, 4.69) is 5.32 Å². The van der Waals surface area contributed by atoms with Crippen LogP contribution >= 0.6 is 0 Å². The summed E-state index contributed by atoms with van der Waals surface area (Å²) in [5.41, 5.74) is 3.85. The molecule has 0 unspecified atom stereocenters. The van der Waals surface area contributed by atoms with Crippen LogP contribution in [0.1, 0.15) is 31.8 Å². The van der Waals surface area contributed by atoms with Crippen LogP contribution in [-0.4, -0.2) is 30.8 Å². The standard InChI is InChI=1S/C18H20N2O2/c1-12-8-13(2)10-15(9-12)17(21)19-16-7-5-6-14(11-16)18(22)20(3)4/h5-11H,1-4H3,(H,19,21). The predicted molar refractivity (Wildman–Crippen MR) is 88.3 cm³/mol.